The summed E-state index contributed by atoms with van der Waals surface area (Å²) < 4.78 is 0. The van der Waals surface area contributed by atoms with E-state index >= 15 is 0 Å². The molecule has 5 heteroatoms. The average molecular weight is 174 g/mol. The van der Waals surface area contributed by atoms with Gasteiger partial charge in [0.15, 0.2) is 0 Å². The normalized spacial score (nSPS) is 7.64. The lowest BCUT2D eigenvalue weighted by molar-refractivity contribution is -0.159. The first-order valence-electron chi connectivity index (χ1n) is 2.58. The second kappa shape index (κ2) is 5.43. The zero-order valence-corrected chi connectivity index (χ0v) is 6.25. The van der Waals surface area contributed by atoms with Gasteiger partial charge in [0, 0.05) is 0 Å². The summed E-state index contributed by atoms with van der Waals surface area (Å²) in [6.07, 6.45) is 0. The Labute approximate surface area is 66.7 Å². The van der Waals surface area contributed by atoms with Crippen LogP contribution in [0, 0.1) is 0 Å². The summed E-state index contributed by atoms with van der Waals surface area (Å²) in [7, 11) is 0. The number of carboxylic acids is 2. The van der Waals surface area contributed by atoms with E-state index in [4.69, 9.17) is 19.8 Å². The molecule has 1 rings (SSSR count). The molecule has 1 aromatic heterocycles. The molecule has 0 unspecified atom stereocenters. The van der Waals surface area contributed by atoms with E-state index in [1.807, 2.05) is 22.9 Å². The van der Waals surface area contributed by atoms with E-state index in [1.54, 1.807) is 11.3 Å². The largest absolute Gasteiger partial charge is 0.473 e. The standard InChI is InChI=1S/C4H4S.C2H2O4/c1-2-4-5-3-1;3-1(4)2(5)6/h1-4H;(H,3,4)(H,5,6). The maximum absolute atomic E-state index is 9.10. The Bertz CT molecular complexity index is 187. The van der Waals surface area contributed by atoms with Crippen molar-refractivity contribution in [2.24, 2.45) is 0 Å². The molecule has 0 saturated carbocycles. The van der Waals surface area contributed by atoms with Crippen molar-refractivity contribution in [2.45, 2.75) is 0 Å². The summed E-state index contributed by atoms with van der Waals surface area (Å²) in [6, 6.07) is 4.04. The maximum Gasteiger partial charge on any atom is 0.414 e. The smallest absolute Gasteiger partial charge is 0.414 e. The van der Waals surface area contributed by atoms with Crippen molar-refractivity contribution in [1.29, 1.82) is 0 Å². The first kappa shape index (κ1) is 9.64. The summed E-state index contributed by atoms with van der Waals surface area (Å²) in [5.74, 6) is -3.65. The molecule has 2 N–H and O–H groups in total. The molecular formula is C6H6O4S. The summed E-state index contributed by atoms with van der Waals surface area (Å²) in [5.41, 5.74) is 0. The quantitative estimate of drug-likeness (QED) is 0.573. The Balaban J connectivity index is 0.000000183. The van der Waals surface area contributed by atoms with Gasteiger partial charge in [0.05, 0.1) is 0 Å². The maximum atomic E-state index is 9.10. The van der Waals surface area contributed by atoms with E-state index in [1.165, 1.54) is 0 Å². The zero-order valence-electron chi connectivity index (χ0n) is 5.43. The van der Waals surface area contributed by atoms with Gasteiger partial charge in [-0.3, -0.25) is 0 Å². The minimum absolute atomic E-state index is 1.71. The van der Waals surface area contributed by atoms with Crippen LogP contribution in [0.2, 0.25) is 0 Å². The monoisotopic (exact) mass is 174 g/mol. The van der Waals surface area contributed by atoms with Crippen LogP contribution in [0.15, 0.2) is 22.9 Å². The molecule has 60 valence electrons. The van der Waals surface area contributed by atoms with Gasteiger partial charge in [-0.2, -0.15) is 11.3 Å². The predicted octanol–water partition coefficient (Wildman–Crippen LogP) is 0.904. The minimum Gasteiger partial charge on any atom is -0.473 e. The number of hydrogen-bond acceptors (Lipinski definition) is 3. The number of carbonyl (C=O) groups is 2. The topological polar surface area (TPSA) is 74.6 Å². The van der Waals surface area contributed by atoms with Crippen LogP contribution in [0.1, 0.15) is 0 Å². The van der Waals surface area contributed by atoms with Gasteiger partial charge in [-0.25, -0.2) is 9.59 Å². The second-order valence-electron chi connectivity index (χ2n) is 1.40. The third kappa shape index (κ3) is 6.53. The lowest BCUT2D eigenvalue weighted by Gasteiger charge is -1.72. The fourth-order valence-corrected chi connectivity index (χ4v) is 0.680. The van der Waals surface area contributed by atoms with E-state index in [-0.39, 0.29) is 0 Å². The number of thiophene rings is 1. The van der Waals surface area contributed by atoms with E-state index in [9.17, 15) is 0 Å². The average Bonchev–Trinajstić information content (AvgIpc) is 2.41. The molecule has 0 bridgehead atoms. The first-order valence-corrected chi connectivity index (χ1v) is 3.52. The minimum atomic E-state index is -1.82. The lowest BCUT2D eigenvalue weighted by atomic mass is 10.7. The molecule has 0 radical (unpaired) electrons. The Kier molecular flexibility index (Phi) is 4.76. The van der Waals surface area contributed by atoms with Crippen molar-refractivity contribution < 1.29 is 19.8 Å². The van der Waals surface area contributed by atoms with Gasteiger partial charge in [-0.05, 0) is 10.8 Å². The summed E-state index contributed by atoms with van der Waals surface area (Å²) >= 11 is 1.71. The molecule has 1 aromatic rings. The van der Waals surface area contributed by atoms with Crippen LogP contribution in [0.25, 0.3) is 0 Å². The predicted molar refractivity (Wildman–Crippen MR) is 39.6 cm³/mol. The van der Waals surface area contributed by atoms with Gasteiger partial charge < -0.3 is 10.2 Å². The molecular weight excluding hydrogens is 168 g/mol. The highest BCUT2D eigenvalue weighted by Crippen LogP contribution is 1.91. The van der Waals surface area contributed by atoms with Crippen molar-refractivity contribution in [3.8, 4) is 0 Å². The third-order valence-corrected chi connectivity index (χ3v) is 1.24. The van der Waals surface area contributed by atoms with Crippen LogP contribution in [0.3, 0.4) is 0 Å². The van der Waals surface area contributed by atoms with E-state index in [0.717, 1.165) is 0 Å². The Hall–Kier alpha value is -1.36. The van der Waals surface area contributed by atoms with Crippen LogP contribution in [0.4, 0.5) is 0 Å². The van der Waals surface area contributed by atoms with E-state index < -0.39 is 11.9 Å². The summed E-state index contributed by atoms with van der Waals surface area (Å²) in [6.45, 7) is 0. The number of carboxylic acid groups (broad SMARTS) is 2. The molecule has 0 aliphatic heterocycles. The molecule has 11 heavy (non-hydrogen) atoms. The zero-order chi connectivity index (χ0) is 8.69. The van der Waals surface area contributed by atoms with Crippen LogP contribution in [-0.4, -0.2) is 22.2 Å². The van der Waals surface area contributed by atoms with Crippen LogP contribution in [0.5, 0.6) is 0 Å². The van der Waals surface area contributed by atoms with Crippen molar-refractivity contribution >= 4 is 23.3 Å². The lowest BCUT2D eigenvalue weighted by Crippen LogP contribution is -2.09. The van der Waals surface area contributed by atoms with Crippen molar-refractivity contribution in [3.63, 3.8) is 0 Å². The molecule has 0 amide bonds. The fourth-order valence-electron chi connectivity index (χ4n) is 0.227. The SMILES string of the molecule is O=C(O)C(=O)O.c1ccsc1. The first-order chi connectivity index (χ1) is 5.14. The molecule has 0 spiro atoms. The van der Waals surface area contributed by atoms with Gasteiger partial charge in [0.25, 0.3) is 0 Å². The Morgan fingerprint density at radius 2 is 1.36 bits per heavy atom. The second-order valence-corrected chi connectivity index (χ2v) is 2.22. The molecule has 0 atom stereocenters. The van der Waals surface area contributed by atoms with E-state index in [2.05, 4.69) is 0 Å². The molecule has 0 fully saturated rings. The van der Waals surface area contributed by atoms with Crippen molar-refractivity contribution in [3.05, 3.63) is 22.9 Å². The van der Waals surface area contributed by atoms with Crippen LogP contribution < -0.4 is 0 Å². The van der Waals surface area contributed by atoms with Gasteiger partial charge in [0.1, 0.15) is 0 Å². The molecule has 0 aliphatic carbocycles. The molecule has 4 nitrogen and oxygen atoms in total. The summed E-state index contributed by atoms with van der Waals surface area (Å²) in [4.78, 5) is 18.2. The highest BCUT2D eigenvalue weighted by molar-refractivity contribution is 7.07. The van der Waals surface area contributed by atoms with Gasteiger partial charge in [0.2, 0.25) is 0 Å². The van der Waals surface area contributed by atoms with Gasteiger partial charge in [-0.15, -0.1) is 0 Å². The highest BCUT2D eigenvalue weighted by Gasteiger charge is 2.04. The summed E-state index contributed by atoms with van der Waals surface area (Å²) in [5, 5.41) is 18.9. The van der Waals surface area contributed by atoms with Gasteiger partial charge >= 0.3 is 11.9 Å². The van der Waals surface area contributed by atoms with Gasteiger partial charge in [-0.1, -0.05) is 12.1 Å². The van der Waals surface area contributed by atoms with Crippen LogP contribution in [-0.2, 0) is 9.59 Å². The number of aliphatic carboxylic acids is 2. The fraction of sp³-hybridized carbons (Fsp3) is 0. The van der Waals surface area contributed by atoms with Crippen molar-refractivity contribution in [2.75, 3.05) is 0 Å². The Morgan fingerprint density at radius 1 is 1.00 bits per heavy atom. The molecule has 0 aliphatic rings. The number of rotatable bonds is 0. The highest BCUT2D eigenvalue weighted by atomic mass is 32.1. The molecule has 1 heterocycles. The molecule has 0 saturated heterocycles. The third-order valence-electron chi connectivity index (χ3n) is 0.608. The van der Waals surface area contributed by atoms with Crippen molar-refractivity contribution in [1.82, 2.24) is 0 Å². The Morgan fingerprint density at radius 3 is 1.45 bits per heavy atom. The molecule has 0 aromatic carbocycles. The van der Waals surface area contributed by atoms with Crippen LogP contribution >= 0.6 is 11.3 Å². The number of hydrogen-bond donors (Lipinski definition) is 2. The van der Waals surface area contributed by atoms with E-state index in [0.29, 0.717) is 0 Å².